The first-order valence-corrected chi connectivity index (χ1v) is 9.24. The predicted molar refractivity (Wildman–Crippen MR) is 107 cm³/mol. The largest absolute Gasteiger partial charge is 0.373 e. The lowest BCUT2D eigenvalue weighted by molar-refractivity contribution is -0.117. The van der Waals surface area contributed by atoms with Crippen molar-refractivity contribution in [2.24, 2.45) is 0 Å². The van der Waals surface area contributed by atoms with Gasteiger partial charge in [0.2, 0.25) is 0 Å². The van der Waals surface area contributed by atoms with Gasteiger partial charge in [-0.2, -0.15) is 5.26 Å². The quantitative estimate of drug-likeness (QED) is 0.635. The molecule has 1 saturated heterocycles. The first-order chi connectivity index (χ1) is 13.3. The summed E-state index contributed by atoms with van der Waals surface area (Å²) in [7, 11) is 0. The minimum atomic E-state index is -0.307. The van der Waals surface area contributed by atoms with E-state index in [1.807, 2.05) is 54.6 Å². The molecule has 0 radical (unpaired) electrons. The van der Waals surface area contributed by atoms with Gasteiger partial charge in [-0.15, -0.1) is 0 Å². The molecule has 1 aliphatic rings. The summed E-state index contributed by atoms with van der Waals surface area (Å²) in [5.74, 6) is -0.307. The van der Waals surface area contributed by atoms with Gasteiger partial charge in [0.25, 0.3) is 5.91 Å². The van der Waals surface area contributed by atoms with Gasteiger partial charge in [-0.05, 0) is 24.1 Å². The Balaban J connectivity index is 1.49. The van der Waals surface area contributed by atoms with Crippen LogP contribution in [0.3, 0.4) is 0 Å². The van der Waals surface area contributed by atoms with Crippen LogP contribution >= 0.6 is 0 Å². The third-order valence-electron chi connectivity index (χ3n) is 4.65. The number of nitrogens with zero attached hydrogens (tertiary/aromatic N) is 3. The van der Waals surface area contributed by atoms with Crippen molar-refractivity contribution in [3.05, 3.63) is 78.0 Å². The highest BCUT2D eigenvalue weighted by Crippen LogP contribution is 2.16. The van der Waals surface area contributed by atoms with Crippen molar-refractivity contribution < 1.29 is 4.79 Å². The highest BCUT2D eigenvalue weighted by Gasteiger charge is 2.17. The molecule has 2 aromatic carbocycles. The fraction of sp³-hybridized carbons (Fsp3) is 0.273. The van der Waals surface area contributed by atoms with Crippen LogP contribution in [0.4, 0.5) is 5.69 Å². The van der Waals surface area contributed by atoms with Crippen LogP contribution in [0.25, 0.3) is 0 Å². The lowest BCUT2D eigenvalue weighted by Crippen LogP contribution is -2.44. The second kappa shape index (κ2) is 9.44. The molecular weight excluding hydrogens is 336 g/mol. The third kappa shape index (κ3) is 5.35. The fourth-order valence-corrected chi connectivity index (χ4v) is 3.13. The molecule has 2 aromatic rings. The number of rotatable bonds is 6. The van der Waals surface area contributed by atoms with Crippen LogP contribution in [0.2, 0.25) is 0 Å². The number of anilines is 1. The summed E-state index contributed by atoms with van der Waals surface area (Å²) in [6, 6.07) is 22.3. The minimum Gasteiger partial charge on any atom is -0.373 e. The maximum atomic E-state index is 12.3. The van der Waals surface area contributed by atoms with Crippen molar-refractivity contribution >= 4 is 11.6 Å². The molecular formula is C22H24N4O. The Morgan fingerprint density at radius 2 is 1.63 bits per heavy atom. The molecule has 138 valence electrons. The van der Waals surface area contributed by atoms with Crippen LogP contribution in [-0.2, 0) is 11.2 Å². The third-order valence-corrected chi connectivity index (χ3v) is 4.65. The van der Waals surface area contributed by atoms with Gasteiger partial charge in [0.1, 0.15) is 11.6 Å². The Bertz CT molecular complexity index is 803. The Kier molecular flexibility index (Phi) is 6.48. The van der Waals surface area contributed by atoms with Gasteiger partial charge in [-0.25, -0.2) is 0 Å². The lowest BCUT2D eigenvalue weighted by Gasteiger charge is -2.35. The summed E-state index contributed by atoms with van der Waals surface area (Å²) < 4.78 is 0. The van der Waals surface area contributed by atoms with E-state index in [4.69, 9.17) is 0 Å². The molecule has 27 heavy (non-hydrogen) atoms. The summed E-state index contributed by atoms with van der Waals surface area (Å²) >= 11 is 0. The summed E-state index contributed by atoms with van der Waals surface area (Å²) in [5.41, 5.74) is 2.54. The predicted octanol–water partition coefficient (Wildman–Crippen LogP) is 2.57. The first kappa shape index (κ1) is 18.5. The number of amides is 1. The molecule has 0 aliphatic carbocycles. The van der Waals surface area contributed by atoms with Crippen LogP contribution in [0.15, 0.2) is 72.4 Å². The lowest BCUT2D eigenvalue weighted by atomic mass is 10.1. The second-order valence-electron chi connectivity index (χ2n) is 6.50. The summed E-state index contributed by atoms with van der Waals surface area (Å²) in [4.78, 5) is 16.7. The highest BCUT2D eigenvalue weighted by molar-refractivity contribution is 5.97. The Hall–Kier alpha value is -3.26. The van der Waals surface area contributed by atoms with Gasteiger partial charge in [-0.3, -0.25) is 4.79 Å². The molecule has 5 heteroatoms. The van der Waals surface area contributed by atoms with E-state index in [1.165, 1.54) is 5.69 Å². The first-order valence-electron chi connectivity index (χ1n) is 9.24. The monoisotopic (exact) mass is 360 g/mol. The molecule has 0 atom stereocenters. The van der Waals surface area contributed by atoms with Crippen LogP contribution in [0.1, 0.15) is 5.56 Å². The minimum absolute atomic E-state index is 0.163. The van der Waals surface area contributed by atoms with Crippen LogP contribution in [-0.4, -0.2) is 43.5 Å². The molecule has 0 saturated carbocycles. The van der Waals surface area contributed by atoms with Gasteiger partial charge < -0.3 is 15.1 Å². The molecule has 1 amide bonds. The van der Waals surface area contributed by atoms with E-state index in [-0.39, 0.29) is 11.5 Å². The Labute approximate surface area is 160 Å². The average molecular weight is 360 g/mol. The molecule has 3 rings (SSSR count). The molecule has 0 spiro atoms. The summed E-state index contributed by atoms with van der Waals surface area (Å²) in [5, 5.41) is 12.2. The second-order valence-corrected chi connectivity index (χ2v) is 6.50. The number of hydrogen-bond donors (Lipinski definition) is 1. The number of benzene rings is 2. The average Bonchev–Trinajstić information content (AvgIpc) is 2.74. The molecule has 1 N–H and O–H groups in total. The molecule has 1 fully saturated rings. The van der Waals surface area contributed by atoms with Gasteiger partial charge in [-0.1, -0.05) is 48.5 Å². The van der Waals surface area contributed by atoms with Gasteiger partial charge >= 0.3 is 0 Å². The molecule has 1 heterocycles. The van der Waals surface area contributed by atoms with E-state index in [1.54, 1.807) is 6.20 Å². The number of para-hydroxylation sites is 1. The van der Waals surface area contributed by atoms with E-state index in [2.05, 4.69) is 27.2 Å². The van der Waals surface area contributed by atoms with E-state index < -0.39 is 0 Å². The Morgan fingerprint density at radius 3 is 2.26 bits per heavy atom. The maximum Gasteiger partial charge on any atom is 0.263 e. The SMILES string of the molecule is N#C/C(=C/N1CCN(c2ccccc2)CC1)C(=O)NCCc1ccccc1. The number of nitriles is 1. The van der Waals surface area contributed by atoms with Crippen molar-refractivity contribution in [2.75, 3.05) is 37.6 Å². The van der Waals surface area contributed by atoms with Crippen LogP contribution in [0, 0.1) is 11.3 Å². The zero-order valence-electron chi connectivity index (χ0n) is 15.3. The van der Waals surface area contributed by atoms with Crippen molar-refractivity contribution in [1.82, 2.24) is 10.2 Å². The zero-order valence-corrected chi connectivity index (χ0v) is 15.3. The van der Waals surface area contributed by atoms with Crippen molar-refractivity contribution in [3.63, 3.8) is 0 Å². The zero-order chi connectivity index (χ0) is 18.9. The summed E-state index contributed by atoms with van der Waals surface area (Å²) in [6.45, 7) is 3.84. The van der Waals surface area contributed by atoms with Gasteiger partial charge in [0.05, 0.1) is 0 Å². The van der Waals surface area contributed by atoms with Crippen molar-refractivity contribution in [1.29, 1.82) is 5.26 Å². The van der Waals surface area contributed by atoms with E-state index >= 15 is 0 Å². The fourth-order valence-electron chi connectivity index (χ4n) is 3.13. The number of hydrogen-bond acceptors (Lipinski definition) is 4. The highest BCUT2D eigenvalue weighted by atomic mass is 16.1. The molecule has 5 nitrogen and oxygen atoms in total. The number of carbonyl (C=O) groups excluding carboxylic acids is 1. The molecule has 0 aromatic heterocycles. The number of carbonyl (C=O) groups is 1. The molecule has 0 unspecified atom stereocenters. The Morgan fingerprint density at radius 1 is 1.00 bits per heavy atom. The van der Waals surface area contributed by atoms with E-state index in [9.17, 15) is 10.1 Å². The topological polar surface area (TPSA) is 59.4 Å². The normalized spacial score (nSPS) is 14.6. The molecule has 1 aliphatic heterocycles. The van der Waals surface area contributed by atoms with E-state index in [0.29, 0.717) is 6.54 Å². The van der Waals surface area contributed by atoms with Crippen molar-refractivity contribution in [2.45, 2.75) is 6.42 Å². The van der Waals surface area contributed by atoms with Gasteiger partial charge in [0.15, 0.2) is 0 Å². The number of piperazine rings is 1. The number of nitrogens with one attached hydrogen (secondary N) is 1. The molecule has 0 bridgehead atoms. The summed E-state index contributed by atoms with van der Waals surface area (Å²) in [6.07, 6.45) is 2.45. The maximum absolute atomic E-state index is 12.3. The van der Waals surface area contributed by atoms with Crippen LogP contribution in [0.5, 0.6) is 0 Å². The standard InChI is InChI=1S/C22H24N4O/c23-17-20(22(27)24-12-11-19-7-3-1-4-8-19)18-25-13-15-26(16-14-25)21-9-5-2-6-10-21/h1-10,18H,11-16H2,(H,24,27)/b20-18-. The smallest absolute Gasteiger partial charge is 0.263 e. The van der Waals surface area contributed by atoms with Gasteiger partial charge in [0, 0.05) is 44.6 Å². The van der Waals surface area contributed by atoms with E-state index in [0.717, 1.165) is 38.2 Å². The van der Waals surface area contributed by atoms with Crippen molar-refractivity contribution in [3.8, 4) is 6.07 Å². The van der Waals surface area contributed by atoms with Crippen LogP contribution < -0.4 is 10.2 Å².